The minimum absolute atomic E-state index is 0.320. The molecule has 4 nitrogen and oxygen atoms in total. The summed E-state index contributed by atoms with van der Waals surface area (Å²) in [6.07, 6.45) is -2.56. The second-order valence-corrected chi connectivity index (χ2v) is 8.39. The summed E-state index contributed by atoms with van der Waals surface area (Å²) in [5, 5.41) is 6.54. The van der Waals surface area contributed by atoms with Crippen molar-refractivity contribution in [3.8, 4) is 0 Å². The molecule has 2 atom stereocenters. The lowest BCUT2D eigenvalue weighted by Gasteiger charge is -2.26. The van der Waals surface area contributed by atoms with Gasteiger partial charge in [-0.25, -0.2) is 4.39 Å². The summed E-state index contributed by atoms with van der Waals surface area (Å²) in [6.45, 7) is 0. The molecule has 0 aliphatic carbocycles. The Morgan fingerprint density at radius 3 is 2.24 bits per heavy atom. The van der Waals surface area contributed by atoms with E-state index in [4.69, 9.17) is 23.2 Å². The standard InChI is InChI=1S/C24H21Cl2F4N3O/c1-31-23(34)22(15-4-7-17(27)8-5-15)33-20(16-6-9-18(25)19(26)12-16)10-2-14-3-11-21(32-13-14)24(28,29)30/h3-9,11-13,20,22,33H,2,10H2,1H3,(H,31,34)/t20-,22+/m0/s1. The van der Waals surface area contributed by atoms with Gasteiger partial charge in [0.1, 0.15) is 17.6 Å². The summed E-state index contributed by atoms with van der Waals surface area (Å²) in [7, 11) is 1.49. The number of pyridine rings is 1. The van der Waals surface area contributed by atoms with Gasteiger partial charge in [-0.1, -0.05) is 47.5 Å². The molecule has 2 aromatic carbocycles. The van der Waals surface area contributed by atoms with E-state index in [1.807, 2.05) is 0 Å². The first-order valence-electron chi connectivity index (χ1n) is 10.3. The van der Waals surface area contributed by atoms with Crippen molar-refractivity contribution < 1.29 is 22.4 Å². The number of carbonyl (C=O) groups excluding carboxylic acids is 1. The number of amides is 1. The zero-order chi connectivity index (χ0) is 24.9. The fraction of sp³-hybridized carbons (Fsp3) is 0.250. The van der Waals surface area contributed by atoms with Crippen molar-refractivity contribution in [1.82, 2.24) is 15.6 Å². The highest BCUT2D eigenvalue weighted by Crippen LogP contribution is 2.31. The highest BCUT2D eigenvalue weighted by Gasteiger charge is 2.32. The van der Waals surface area contributed by atoms with Gasteiger partial charge in [0.15, 0.2) is 0 Å². The largest absolute Gasteiger partial charge is 0.433 e. The molecule has 1 aromatic heterocycles. The number of likely N-dealkylation sites (N-methyl/N-ethyl adjacent to an activating group) is 1. The summed E-state index contributed by atoms with van der Waals surface area (Å²) in [5.74, 6) is -0.775. The molecule has 0 saturated carbocycles. The van der Waals surface area contributed by atoms with Crippen molar-refractivity contribution in [3.63, 3.8) is 0 Å². The van der Waals surface area contributed by atoms with E-state index < -0.39 is 29.8 Å². The van der Waals surface area contributed by atoms with Gasteiger partial charge in [0, 0.05) is 19.3 Å². The summed E-state index contributed by atoms with van der Waals surface area (Å²) in [5.41, 5.74) is 0.900. The molecule has 2 N–H and O–H groups in total. The zero-order valence-electron chi connectivity index (χ0n) is 18.0. The Hall–Kier alpha value is -2.68. The first-order chi connectivity index (χ1) is 16.1. The lowest BCUT2D eigenvalue weighted by atomic mass is 9.96. The molecule has 180 valence electrons. The van der Waals surface area contributed by atoms with Crippen molar-refractivity contribution in [1.29, 1.82) is 0 Å². The Morgan fingerprint density at radius 2 is 1.68 bits per heavy atom. The first-order valence-corrected chi connectivity index (χ1v) is 11.0. The first kappa shape index (κ1) is 25.9. The monoisotopic (exact) mass is 513 g/mol. The van der Waals surface area contributed by atoms with Crippen LogP contribution in [0.25, 0.3) is 0 Å². The Bertz CT molecular complexity index is 1120. The molecule has 10 heteroatoms. The number of hydrogen-bond acceptors (Lipinski definition) is 3. The molecule has 1 heterocycles. The van der Waals surface area contributed by atoms with Gasteiger partial charge < -0.3 is 5.32 Å². The molecule has 0 aliphatic heterocycles. The van der Waals surface area contributed by atoms with Crippen molar-refractivity contribution in [2.75, 3.05) is 7.05 Å². The van der Waals surface area contributed by atoms with Crippen molar-refractivity contribution in [2.45, 2.75) is 31.1 Å². The van der Waals surface area contributed by atoms with Gasteiger partial charge >= 0.3 is 6.18 Å². The van der Waals surface area contributed by atoms with Crippen LogP contribution < -0.4 is 10.6 Å². The highest BCUT2D eigenvalue weighted by molar-refractivity contribution is 6.42. The number of halogens is 6. The average Bonchev–Trinajstić information content (AvgIpc) is 2.81. The molecule has 0 unspecified atom stereocenters. The minimum Gasteiger partial charge on any atom is -0.358 e. The molecule has 0 spiro atoms. The van der Waals surface area contributed by atoms with Crippen LogP contribution in [-0.2, 0) is 17.4 Å². The Morgan fingerprint density at radius 1 is 1.00 bits per heavy atom. The highest BCUT2D eigenvalue weighted by atomic mass is 35.5. The Kier molecular flexibility index (Phi) is 8.52. The van der Waals surface area contributed by atoms with Crippen LogP contribution >= 0.6 is 23.2 Å². The van der Waals surface area contributed by atoms with Gasteiger partial charge in [-0.3, -0.25) is 15.1 Å². The predicted octanol–water partition coefficient (Wildman–Crippen LogP) is 6.30. The smallest absolute Gasteiger partial charge is 0.358 e. The molecule has 3 aromatic rings. The second kappa shape index (κ2) is 11.2. The van der Waals surface area contributed by atoms with Gasteiger partial charge in [-0.15, -0.1) is 0 Å². The third-order valence-corrected chi connectivity index (χ3v) is 6.00. The fourth-order valence-corrected chi connectivity index (χ4v) is 3.76. The van der Waals surface area contributed by atoms with Crippen LogP contribution in [0.15, 0.2) is 60.8 Å². The molecule has 1 amide bonds. The third-order valence-electron chi connectivity index (χ3n) is 5.26. The number of nitrogens with one attached hydrogen (secondary N) is 2. The predicted molar refractivity (Wildman–Crippen MR) is 123 cm³/mol. The van der Waals surface area contributed by atoms with Gasteiger partial charge in [0.25, 0.3) is 0 Å². The quantitative estimate of drug-likeness (QED) is 0.347. The number of alkyl halides is 3. The number of aromatic nitrogens is 1. The van der Waals surface area contributed by atoms with Gasteiger partial charge in [-0.2, -0.15) is 13.2 Å². The Labute approximate surface area is 204 Å². The van der Waals surface area contributed by atoms with Crippen LogP contribution in [0.1, 0.15) is 40.9 Å². The molecular formula is C24H21Cl2F4N3O. The van der Waals surface area contributed by atoms with E-state index in [1.165, 1.54) is 43.6 Å². The van der Waals surface area contributed by atoms with Gasteiger partial charge in [0.05, 0.1) is 10.0 Å². The molecule has 34 heavy (non-hydrogen) atoms. The summed E-state index contributed by atoms with van der Waals surface area (Å²) < 4.78 is 51.9. The number of carbonyl (C=O) groups is 1. The number of benzene rings is 2. The average molecular weight is 514 g/mol. The molecule has 0 radical (unpaired) electrons. The SMILES string of the molecule is CNC(=O)[C@H](N[C@@H](CCc1ccc(C(F)(F)F)nc1)c1ccc(Cl)c(Cl)c1)c1ccc(F)cc1. The van der Waals surface area contributed by atoms with Gasteiger partial charge in [-0.05, 0) is 59.9 Å². The van der Waals surface area contributed by atoms with Crippen LogP contribution in [0.3, 0.4) is 0 Å². The van der Waals surface area contributed by atoms with Crippen molar-refractivity contribution >= 4 is 29.1 Å². The van der Waals surface area contributed by atoms with Crippen LogP contribution in [0.2, 0.25) is 10.0 Å². The number of rotatable bonds is 8. The third kappa shape index (κ3) is 6.68. The summed E-state index contributed by atoms with van der Waals surface area (Å²) >= 11 is 12.2. The molecule has 0 aliphatic rings. The minimum atomic E-state index is -4.52. The van der Waals surface area contributed by atoms with E-state index >= 15 is 0 Å². The van der Waals surface area contributed by atoms with Crippen LogP contribution in [0, 0.1) is 5.82 Å². The summed E-state index contributed by atoms with van der Waals surface area (Å²) in [4.78, 5) is 16.2. The van der Waals surface area contributed by atoms with Crippen LogP contribution in [0.5, 0.6) is 0 Å². The normalized spacial score (nSPS) is 13.4. The van der Waals surface area contributed by atoms with E-state index in [0.717, 1.165) is 11.6 Å². The van der Waals surface area contributed by atoms with Gasteiger partial charge in [0.2, 0.25) is 5.91 Å². The van der Waals surface area contributed by atoms with E-state index in [-0.39, 0.29) is 5.91 Å². The molecule has 3 rings (SSSR count). The Balaban J connectivity index is 1.88. The second-order valence-electron chi connectivity index (χ2n) is 7.58. The lowest BCUT2D eigenvalue weighted by Crippen LogP contribution is -2.38. The van der Waals surface area contributed by atoms with E-state index in [2.05, 4.69) is 15.6 Å². The van der Waals surface area contributed by atoms with E-state index in [0.29, 0.717) is 34.0 Å². The van der Waals surface area contributed by atoms with Crippen molar-refractivity contribution in [3.05, 3.63) is 99.0 Å². The maximum atomic E-state index is 13.4. The number of hydrogen-bond donors (Lipinski definition) is 2. The topological polar surface area (TPSA) is 54.0 Å². The zero-order valence-corrected chi connectivity index (χ0v) is 19.5. The van der Waals surface area contributed by atoms with Crippen LogP contribution in [0.4, 0.5) is 17.6 Å². The van der Waals surface area contributed by atoms with Crippen LogP contribution in [-0.4, -0.2) is 17.9 Å². The van der Waals surface area contributed by atoms with E-state index in [1.54, 1.807) is 18.2 Å². The molecular weight excluding hydrogens is 493 g/mol. The number of aryl methyl sites for hydroxylation is 1. The fourth-order valence-electron chi connectivity index (χ4n) is 3.45. The molecule has 0 bridgehead atoms. The lowest BCUT2D eigenvalue weighted by molar-refractivity contribution is -0.141. The van der Waals surface area contributed by atoms with E-state index in [9.17, 15) is 22.4 Å². The molecule has 0 saturated heterocycles. The molecule has 0 fully saturated rings. The van der Waals surface area contributed by atoms with Crippen molar-refractivity contribution in [2.24, 2.45) is 0 Å². The maximum Gasteiger partial charge on any atom is 0.433 e. The number of nitrogens with zero attached hydrogens (tertiary/aromatic N) is 1. The maximum absolute atomic E-state index is 13.4. The summed E-state index contributed by atoms with van der Waals surface area (Å²) in [6, 6.07) is 11.6.